The molecule has 0 atom stereocenters. The molecular formula is C31H21BrN4O6. The topological polar surface area (TPSA) is 122 Å². The molecule has 2 heterocycles. The van der Waals surface area contributed by atoms with Crippen molar-refractivity contribution in [3.05, 3.63) is 127 Å². The molecule has 208 valence electrons. The molecule has 10 nitrogen and oxygen atoms in total. The fraction of sp³-hybridized carbons (Fsp3) is 0.0645. The molecule has 6 rings (SSSR count). The van der Waals surface area contributed by atoms with Crippen molar-refractivity contribution in [2.45, 2.75) is 6.61 Å². The lowest BCUT2D eigenvalue weighted by Crippen LogP contribution is -2.20. The number of rotatable bonds is 8. The van der Waals surface area contributed by atoms with Gasteiger partial charge in [0.1, 0.15) is 23.7 Å². The number of hydrogen-bond acceptors (Lipinski definition) is 8. The van der Waals surface area contributed by atoms with Crippen molar-refractivity contribution in [3.8, 4) is 23.1 Å². The quantitative estimate of drug-likeness (QED) is 0.102. The molecule has 0 aliphatic carbocycles. The van der Waals surface area contributed by atoms with Gasteiger partial charge in [0.15, 0.2) is 5.76 Å². The van der Waals surface area contributed by atoms with Crippen LogP contribution >= 0.6 is 15.9 Å². The Labute approximate surface area is 246 Å². The third-order valence-corrected chi connectivity index (χ3v) is 7.13. The Balaban J connectivity index is 1.33. The largest absolute Gasteiger partial charge is 0.496 e. The van der Waals surface area contributed by atoms with Crippen molar-refractivity contribution >= 4 is 49.7 Å². The fourth-order valence-electron chi connectivity index (χ4n) is 4.47. The Hall–Kier alpha value is -5.29. The minimum atomic E-state index is -0.444. The Morgan fingerprint density at radius 2 is 1.83 bits per heavy atom. The van der Waals surface area contributed by atoms with Crippen molar-refractivity contribution < 1.29 is 18.8 Å². The Morgan fingerprint density at radius 3 is 2.64 bits per heavy atom. The maximum Gasteiger partial charge on any atom is 0.282 e. The first-order chi connectivity index (χ1) is 20.4. The first kappa shape index (κ1) is 26.9. The summed E-state index contributed by atoms with van der Waals surface area (Å²) in [4.78, 5) is 28.9. The smallest absolute Gasteiger partial charge is 0.282 e. The van der Waals surface area contributed by atoms with Gasteiger partial charge in [-0.05, 0) is 75.6 Å². The molecule has 2 aromatic heterocycles. The zero-order valence-corrected chi connectivity index (χ0v) is 23.6. The number of ether oxygens (including phenoxy) is 2. The standard InChI is InChI=1S/C31H21BrN4O6/c1-40-26-10-5-11-27-23(26)16-29(42-27)30-34-25-9-3-2-8-22(25)31(37)35(30)33-17-19-12-13-28(24(32)15-19)41-18-20-6-4-7-21(14-20)36(38)39/h2-17H,18H2,1H3. The van der Waals surface area contributed by atoms with Crippen molar-refractivity contribution in [2.75, 3.05) is 7.11 Å². The van der Waals surface area contributed by atoms with Gasteiger partial charge in [0.25, 0.3) is 11.2 Å². The summed E-state index contributed by atoms with van der Waals surface area (Å²) in [6, 6.07) is 25.9. The number of para-hydroxylation sites is 1. The van der Waals surface area contributed by atoms with Crippen LogP contribution in [0, 0.1) is 10.1 Å². The highest BCUT2D eigenvalue weighted by Crippen LogP contribution is 2.33. The van der Waals surface area contributed by atoms with E-state index >= 15 is 0 Å². The average molecular weight is 625 g/mol. The number of nitro benzene ring substituents is 1. The van der Waals surface area contributed by atoms with Crippen molar-refractivity contribution in [1.29, 1.82) is 0 Å². The molecule has 0 aliphatic rings. The molecule has 0 saturated carbocycles. The molecule has 0 fully saturated rings. The highest BCUT2D eigenvalue weighted by Gasteiger charge is 2.18. The number of benzene rings is 4. The summed E-state index contributed by atoms with van der Waals surface area (Å²) in [6.45, 7) is 0.150. The van der Waals surface area contributed by atoms with Gasteiger partial charge in [0, 0.05) is 12.1 Å². The first-order valence-electron chi connectivity index (χ1n) is 12.7. The number of nitro groups is 1. The minimum absolute atomic E-state index is 0.00121. The van der Waals surface area contributed by atoms with Crippen LogP contribution in [0.2, 0.25) is 0 Å². The zero-order valence-electron chi connectivity index (χ0n) is 22.1. The summed E-state index contributed by atoms with van der Waals surface area (Å²) in [6.07, 6.45) is 1.54. The first-order valence-corrected chi connectivity index (χ1v) is 13.5. The fourth-order valence-corrected chi connectivity index (χ4v) is 4.98. The molecule has 4 aromatic carbocycles. The van der Waals surface area contributed by atoms with Gasteiger partial charge in [0.05, 0.1) is 39.0 Å². The molecule has 0 aliphatic heterocycles. The van der Waals surface area contributed by atoms with E-state index in [9.17, 15) is 14.9 Å². The number of furan rings is 1. The highest BCUT2D eigenvalue weighted by atomic mass is 79.9. The Bertz CT molecular complexity index is 2070. The van der Waals surface area contributed by atoms with E-state index in [0.717, 1.165) is 5.39 Å². The van der Waals surface area contributed by atoms with Gasteiger partial charge < -0.3 is 13.9 Å². The zero-order chi connectivity index (χ0) is 29.2. The van der Waals surface area contributed by atoms with Crippen LogP contribution < -0.4 is 15.0 Å². The van der Waals surface area contributed by atoms with E-state index in [-0.39, 0.29) is 23.7 Å². The average Bonchev–Trinajstić information content (AvgIpc) is 3.45. The number of aromatic nitrogens is 2. The predicted molar refractivity (Wildman–Crippen MR) is 162 cm³/mol. The molecule has 0 radical (unpaired) electrons. The van der Waals surface area contributed by atoms with Gasteiger partial charge in [-0.3, -0.25) is 14.9 Å². The molecule has 6 aromatic rings. The number of fused-ring (bicyclic) bond motifs is 2. The summed E-state index contributed by atoms with van der Waals surface area (Å²) in [5.41, 5.74) is 2.11. The molecule has 0 saturated heterocycles. The third kappa shape index (κ3) is 5.25. The maximum absolute atomic E-state index is 13.6. The van der Waals surface area contributed by atoms with Crippen LogP contribution in [0.4, 0.5) is 5.69 Å². The van der Waals surface area contributed by atoms with E-state index in [1.807, 2.05) is 24.3 Å². The molecule has 0 N–H and O–H groups in total. The van der Waals surface area contributed by atoms with Gasteiger partial charge >= 0.3 is 0 Å². The van der Waals surface area contributed by atoms with Crippen molar-refractivity contribution in [2.24, 2.45) is 5.10 Å². The van der Waals surface area contributed by atoms with Crippen LogP contribution in [0.5, 0.6) is 11.5 Å². The second-order valence-electron chi connectivity index (χ2n) is 9.20. The van der Waals surface area contributed by atoms with Gasteiger partial charge in [-0.2, -0.15) is 9.78 Å². The van der Waals surface area contributed by atoms with E-state index in [2.05, 4.69) is 21.0 Å². The minimum Gasteiger partial charge on any atom is -0.496 e. The summed E-state index contributed by atoms with van der Waals surface area (Å²) in [7, 11) is 1.58. The lowest BCUT2D eigenvalue weighted by atomic mass is 10.2. The van der Waals surface area contributed by atoms with Crippen LogP contribution in [-0.2, 0) is 6.61 Å². The van der Waals surface area contributed by atoms with E-state index in [1.54, 1.807) is 67.9 Å². The van der Waals surface area contributed by atoms with Crippen molar-refractivity contribution in [1.82, 2.24) is 9.66 Å². The molecule has 11 heteroatoms. The molecule has 0 spiro atoms. The second kappa shape index (κ2) is 11.3. The van der Waals surface area contributed by atoms with E-state index in [4.69, 9.17) is 18.9 Å². The summed E-state index contributed by atoms with van der Waals surface area (Å²) in [5, 5.41) is 16.7. The lowest BCUT2D eigenvalue weighted by molar-refractivity contribution is -0.384. The van der Waals surface area contributed by atoms with E-state index in [1.165, 1.54) is 16.8 Å². The maximum atomic E-state index is 13.6. The number of halogens is 1. The molecule has 0 bridgehead atoms. The number of methoxy groups -OCH3 is 1. The molecular weight excluding hydrogens is 604 g/mol. The molecule has 0 unspecified atom stereocenters. The van der Waals surface area contributed by atoms with Gasteiger partial charge in [-0.15, -0.1) is 0 Å². The highest BCUT2D eigenvalue weighted by molar-refractivity contribution is 9.10. The summed E-state index contributed by atoms with van der Waals surface area (Å²) < 4.78 is 19.3. The van der Waals surface area contributed by atoms with Crippen molar-refractivity contribution in [3.63, 3.8) is 0 Å². The summed E-state index contributed by atoms with van der Waals surface area (Å²) in [5.74, 6) is 1.78. The summed E-state index contributed by atoms with van der Waals surface area (Å²) >= 11 is 3.51. The van der Waals surface area contributed by atoms with Gasteiger partial charge in [0.2, 0.25) is 5.82 Å². The predicted octanol–water partition coefficient (Wildman–Crippen LogP) is 6.95. The lowest BCUT2D eigenvalue weighted by Gasteiger charge is -2.09. The van der Waals surface area contributed by atoms with Gasteiger partial charge in [-0.1, -0.05) is 30.3 Å². The number of nitrogens with zero attached hydrogens (tertiary/aromatic N) is 4. The molecule has 42 heavy (non-hydrogen) atoms. The van der Waals surface area contributed by atoms with Crippen LogP contribution in [0.15, 0.2) is 110 Å². The van der Waals surface area contributed by atoms with Crippen LogP contribution in [0.3, 0.4) is 0 Å². The SMILES string of the molecule is COc1cccc2oc(-c3nc4ccccc4c(=O)n3N=Cc3ccc(OCc4cccc([N+](=O)[O-])c4)c(Br)c3)cc12. The van der Waals surface area contributed by atoms with Crippen LogP contribution in [0.1, 0.15) is 11.1 Å². The Kier molecular flexibility index (Phi) is 7.24. The monoisotopic (exact) mass is 624 g/mol. The van der Waals surface area contributed by atoms with Crippen LogP contribution in [-0.4, -0.2) is 27.9 Å². The Morgan fingerprint density at radius 1 is 1.00 bits per heavy atom. The molecule has 0 amide bonds. The second-order valence-corrected chi connectivity index (χ2v) is 10.1. The van der Waals surface area contributed by atoms with E-state index in [0.29, 0.717) is 49.3 Å². The number of non-ortho nitro benzene ring substituents is 1. The van der Waals surface area contributed by atoms with E-state index < -0.39 is 4.92 Å². The van der Waals surface area contributed by atoms with Crippen LogP contribution in [0.25, 0.3) is 33.5 Å². The van der Waals surface area contributed by atoms with Gasteiger partial charge in [-0.25, -0.2) is 4.98 Å². The number of hydrogen-bond donors (Lipinski definition) is 0. The normalized spacial score (nSPS) is 11.4. The third-order valence-electron chi connectivity index (χ3n) is 6.51.